The number of ether oxygens (including phenoxy) is 1. The highest BCUT2D eigenvalue weighted by Gasteiger charge is 2.15. The van der Waals surface area contributed by atoms with Gasteiger partial charge in [0.15, 0.2) is 0 Å². The van der Waals surface area contributed by atoms with Crippen LogP contribution in [0.25, 0.3) is 11.0 Å². The van der Waals surface area contributed by atoms with Crippen LogP contribution in [0.1, 0.15) is 24.2 Å². The fourth-order valence-electron chi connectivity index (χ4n) is 1.51. The zero-order chi connectivity index (χ0) is 11.7. The number of carboxylic acid groups (broad SMARTS) is 1. The first kappa shape index (κ1) is 10.5. The first-order valence-electron chi connectivity index (χ1n) is 4.99. The molecule has 0 radical (unpaired) electrons. The van der Waals surface area contributed by atoms with E-state index in [2.05, 4.69) is 0 Å². The van der Waals surface area contributed by atoms with E-state index in [0.29, 0.717) is 11.3 Å². The molecule has 16 heavy (non-hydrogen) atoms. The van der Waals surface area contributed by atoms with Crippen molar-refractivity contribution in [2.45, 2.75) is 20.0 Å². The number of benzene rings is 1. The lowest BCUT2D eigenvalue weighted by Gasteiger charge is -2.12. The molecule has 2 rings (SSSR count). The summed E-state index contributed by atoms with van der Waals surface area (Å²) < 4.78 is 10.6. The van der Waals surface area contributed by atoms with Gasteiger partial charge in [0, 0.05) is 5.39 Å². The lowest BCUT2D eigenvalue weighted by Crippen LogP contribution is -2.09. The second kappa shape index (κ2) is 3.89. The Labute approximate surface area is 92.4 Å². The lowest BCUT2D eigenvalue weighted by atomic mass is 10.1. The Morgan fingerprint density at radius 3 is 2.81 bits per heavy atom. The van der Waals surface area contributed by atoms with E-state index in [9.17, 15) is 4.79 Å². The molecule has 2 aromatic rings. The summed E-state index contributed by atoms with van der Waals surface area (Å²) in [6.45, 7) is 3.70. The van der Waals surface area contributed by atoms with E-state index in [0.717, 1.165) is 5.39 Å². The molecule has 1 N–H and O–H groups in total. The van der Waals surface area contributed by atoms with E-state index < -0.39 is 5.97 Å². The summed E-state index contributed by atoms with van der Waals surface area (Å²) in [5.41, 5.74) is 0.671. The van der Waals surface area contributed by atoms with Crippen LogP contribution in [0.3, 0.4) is 0 Å². The predicted octanol–water partition coefficient (Wildman–Crippen LogP) is 2.92. The van der Waals surface area contributed by atoms with Crippen LogP contribution in [0, 0.1) is 0 Å². The molecule has 0 fully saturated rings. The fraction of sp³-hybridized carbons (Fsp3) is 0.250. The van der Waals surface area contributed by atoms with Gasteiger partial charge < -0.3 is 14.3 Å². The van der Waals surface area contributed by atoms with E-state index in [1.165, 1.54) is 12.3 Å². The van der Waals surface area contributed by atoms with E-state index in [-0.39, 0.29) is 11.7 Å². The average molecular weight is 220 g/mol. The highest BCUT2D eigenvalue weighted by Crippen LogP contribution is 2.27. The quantitative estimate of drug-likeness (QED) is 0.863. The van der Waals surface area contributed by atoms with Gasteiger partial charge in [-0.05, 0) is 32.0 Å². The predicted molar refractivity (Wildman–Crippen MR) is 58.9 cm³/mol. The number of rotatable bonds is 3. The molecule has 4 heteroatoms. The van der Waals surface area contributed by atoms with E-state index in [4.69, 9.17) is 14.3 Å². The number of fused-ring (bicyclic) bond motifs is 1. The minimum absolute atomic E-state index is 0.0672. The van der Waals surface area contributed by atoms with Gasteiger partial charge in [0.25, 0.3) is 0 Å². The minimum Gasteiger partial charge on any atom is -0.490 e. The van der Waals surface area contributed by atoms with Crippen LogP contribution in [0.15, 0.2) is 28.9 Å². The summed E-state index contributed by atoms with van der Waals surface area (Å²) in [6.07, 6.45) is 1.46. The summed E-state index contributed by atoms with van der Waals surface area (Å²) in [5, 5.41) is 9.89. The summed E-state index contributed by atoms with van der Waals surface area (Å²) in [6, 6.07) is 4.94. The second-order valence-corrected chi connectivity index (χ2v) is 3.78. The third kappa shape index (κ3) is 1.86. The number of aromatic carboxylic acids is 1. The van der Waals surface area contributed by atoms with E-state index in [1.54, 1.807) is 12.1 Å². The Hall–Kier alpha value is -1.97. The zero-order valence-corrected chi connectivity index (χ0v) is 9.06. The maximum absolute atomic E-state index is 11.0. The van der Waals surface area contributed by atoms with Crippen LogP contribution >= 0.6 is 0 Å². The third-order valence-corrected chi connectivity index (χ3v) is 2.15. The Kier molecular flexibility index (Phi) is 2.56. The van der Waals surface area contributed by atoms with Crippen molar-refractivity contribution in [1.29, 1.82) is 0 Å². The minimum atomic E-state index is -1.02. The number of carbonyl (C=O) groups is 1. The number of furan rings is 1. The van der Waals surface area contributed by atoms with Crippen molar-refractivity contribution in [3.63, 3.8) is 0 Å². The molecule has 0 spiro atoms. The average Bonchev–Trinajstić information content (AvgIpc) is 2.62. The first-order valence-corrected chi connectivity index (χ1v) is 4.99. The summed E-state index contributed by atoms with van der Waals surface area (Å²) in [7, 11) is 0. The Morgan fingerprint density at radius 1 is 1.44 bits per heavy atom. The van der Waals surface area contributed by atoms with Crippen LogP contribution in [0.5, 0.6) is 5.75 Å². The Morgan fingerprint density at radius 2 is 2.19 bits per heavy atom. The van der Waals surface area contributed by atoms with Gasteiger partial charge in [-0.25, -0.2) is 4.79 Å². The smallest absolute Gasteiger partial charge is 0.339 e. The van der Waals surface area contributed by atoms with Crippen LogP contribution in [-0.4, -0.2) is 17.2 Å². The van der Waals surface area contributed by atoms with Gasteiger partial charge >= 0.3 is 5.97 Å². The second-order valence-electron chi connectivity index (χ2n) is 3.78. The van der Waals surface area contributed by atoms with Gasteiger partial charge in [-0.3, -0.25) is 0 Å². The lowest BCUT2D eigenvalue weighted by molar-refractivity contribution is 0.0690. The molecular weight excluding hydrogens is 208 g/mol. The van der Waals surface area contributed by atoms with Crippen LogP contribution < -0.4 is 4.74 Å². The van der Waals surface area contributed by atoms with Gasteiger partial charge in [-0.15, -0.1) is 0 Å². The molecule has 0 saturated heterocycles. The molecule has 0 aliphatic rings. The molecule has 0 unspecified atom stereocenters. The van der Waals surface area contributed by atoms with Gasteiger partial charge in [0.05, 0.1) is 12.4 Å². The largest absolute Gasteiger partial charge is 0.490 e. The van der Waals surface area contributed by atoms with Crippen molar-refractivity contribution in [3.8, 4) is 5.75 Å². The Balaban J connectivity index is 2.57. The topological polar surface area (TPSA) is 59.7 Å². The molecular formula is C12H12O4. The van der Waals surface area contributed by atoms with E-state index in [1.807, 2.05) is 13.8 Å². The van der Waals surface area contributed by atoms with Gasteiger partial charge in [-0.1, -0.05) is 0 Å². The van der Waals surface area contributed by atoms with Gasteiger partial charge in [0.2, 0.25) is 0 Å². The molecule has 1 aromatic carbocycles. The molecule has 0 amide bonds. The van der Waals surface area contributed by atoms with Crippen molar-refractivity contribution in [2.24, 2.45) is 0 Å². The van der Waals surface area contributed by atoms with Crippen molar-refractivity contribution in [1.82, 2.24) is 0 Å². The van der Waals surface area contributed by atoms with Crippen molar-refractivity contribution in [3.05, 3.63) is 30.0 Å². The van der Waals surface area contributed by atoms with Crippen molar-refractivity contribution in [2.75, 3.05) is 0 Å². The van der Waals surface area contributed by atoms with Crippen LogP contribution in [0.4, 0.5) is 0 Å². The monoisotopic (exact) mass is 220 g/mol. The van der Waals surface area contributed by atoms with Crippen molar-refractivity contribution < 1.29 is 19.1 Å². The standard InChI is InChI=1S/C12H12O4/c1-7(2)16-11-5-8-3-4-15-10(8)6-9(11)12(13)14/h3-7H,1-2H3,(H,13,14). The number of carboxylic acids is 1. The summed E-state index contributed by atoms with van der Waals surface area (Å²) >= 11 is 0. The van der Waals surface area contributed by atoms with Gasteiger partial charge in [-0.2, -0.15) is 0 Å². The maximum atomic E-state index is 11.0. The van der Waals surface area contributed by atoms with E-state index >= 15 is 0 Å². The first-order chi connectivity index (χ1) is 7.58. The highest BCUT2D eigenvalue weighted by atomic mass is 16.5. The molecule has 1 aromatic heterocycles. The summed E-state index contributed by atoms with van der Waals surface area (Å²) in [4.78, 5) is 11.0. The highest BCUT2D eigenvalue weighted by molar-refractivity contribution is 5.96. The van der Waals surface area contributed by atoms with Crippen molar-refractivity contribution >= 4 is 16.9 Å². The molecule has 1 heterocycles. The maximum Gasteiger partial charge on any atom is 0.339 e. The number of hydrogen-bond acceptors (Lipinski definition) is 3. The number of hydrogen-bond donors (Lipinski definition) is 1. The molecule has 0 saturated carbocycles. The zero-order valence-electron chi connectivity index (χ0n) is 9.06. The molecule has 4 nitrogen and oxygen atoms in total. The van der Waals surface area contributed by atoms with Gasteiger partial charge in [0.1, 0.15) is 16.9 Å². The molecule has 0 aliphatic heterocycles. The normalized spacial score (nSPS) is 10.9. The molecule has 0 bridgehead atoms. The van der Waals surface area contributed by atoms with Crippen LogP contribution in [0.2, 0.25) is 0 Å². The SMILES string of the molecule is CC(C)Oc1cc2ccoc2cc1C(=O)O. The molecule has 0 aliphatic carbocycles. The van der Waals surface area contributed by atoms with Crippen LogP contribution in [-0.2, 0) is 0 Å². The summed E-state index contributed by atoms with van der Waals surface area (Å²) in [5.74, 6) is -0.648. The molecule has 84 valence electrons. The molecule has 0 atom stereocenters. The Bertz CT molecular complexity index is 525. The third-order valence-electron chi connectivity index (χ3n) is 2.15. The fourth-order valence-corrected chi connectivity index (χ4v) is 1.51.